The second kappa shape index (κ2) is 6.83. The summed E-state index contributed by atoms with van der Waals surface area (Å²) in [6.07, 6.45) is 8.18. The van der Waals surface area contributed by atoms with Crippen LogP contribution in [0.15, 0.2) is 60.5 Å². The van der Waals surface area contributed by atoms with Gasteiger partial charge in [-0.15, -0.1) is 0 Å². The van der Waals surface area contributed by atoms with Crippen LogP contribution in [0.4, 0.5) is 0 Å². The minimum Gasteiger partial charge on any atom is -0.507 e. The van der Waals surface area contributed by atoms with E-state index >= 15 is 0 Å². The molecule has 1 unspecified atom stereocenters. The summed E-state index contributed by atoms with van der Waals surface area (Å²) in [5.74, 6) is 0.544. The Morgan fingerprint density at radius 1 is 1.20 bits per heavy atom. The molecule has 2 N–H and O–H groups in total. The zero-order chi connectivity index (χ0) is 18.1. The lowest BCUT2D eigenvalue weighted by atomic mass is 9.73. The maximum absolute atomic E-state index is 10.7. The largest absolute Gasteiger partial charge is 0.507 e. The molecule has 0 spiro atoms. The molecule has 0 aliphatic heterocycles. The molecular weight excluding hydrogens is 310 g/mol. The summed E-state index contributed by atoms with van der Waals surface area (Å²) in [6.45, 7) is 10.3. The highest BCUT2D eigenvalue weighted by Crippen LogP contribution is 2.47. The molecule has 0 amide bonds. The van der Waals surface area contributed by atoms with Crippen LogP contribution in [0.25, 0.3) is 0 Å². The first-order valence-electron chi connectivity index (χ1n) is 8.89. The van der Waals surface area contributed by atoms with Crippen molar-refractivity contribution in [1.82, 2.24) is 4.57 Å². The fourth-order valence-electron chi connectivity index (χ4n) is 3.91. The first-order valence-corrected chi connectivity index (χ1v) is 8.89. The summed E-state index contributed by atoms with van der Waals surface area (Å²) >= 11 is 0. The Kier molecular flexibility index (Phi) is 4.76. The normalized spacial score (nSPS) is 21.6. The van der Waals surface area contributed by atoms with E-state index in [-0.39, 0.29) is 29.4 Å². The van der Waals surface area contributed by atoms with Gasteiger partial charge < -0.3 is 14.8 Å². The van der Waals surface area contributed by atoms with Gasteiger partial charge in [0.05, 0.1) is 6.04 Å². The summed E-state index contributed by atoms with van der Waals surface area (Å²) in [7, 11) is 0. The number of hydrogen-bond acceptors (Lipinski definition) is 2. The van der Waals surface area contributed by atoms with Crippen molar-refractivity contribution in [2.45, 2.75) is 45.6 Å². The van der Waals surface area contributed by atoms with Crippen molar-refractivity contribution in [1.29, 1.82) is 0 Å². The molecule has 2 aromatic rings. The minimum absolute atomic E-state index is 0.0258. The van der Waals surface area contributed by atoms with Gasteiger partial charge in [-0.05, 0) is 69.4 Å². The van der Waals surface area contributed by atoms with E-state index in [2.05, 4.69) is 31.1 Å². The molecular formula is C22H27NO2. The van der Waals surface area contributed by atoms with Gasteiger partial charge in [0.2, 0.25) is 0 Å². The van der Waals surface area contributed by atoms with Crippen molar-refractivity contribution in [2.24, 2.45) is 5.92 Å². The van der Waals surface area contributed by atoms with Gasteiger partial charge in [-0.25, -0.2) is 0 Å². The Hall–Kier alpha value is -2.42. The van der Waals surface area contributed by atoms with Crippen LogP contribution in [0.2, 0.25) is 0 Å². The first-order chi connectivity index (χ1) is 11.9. The standard InChI is InChI=1S/C22H27NO2/c1-14(2)18-8-7-15(3)11-19(18)22-20(24)12-17(13-21(22)25)16(4)23-9-5-6-10-23/h5-6,9-13,16,18-19,24-25H,1,7-8H2,2-4H3/t16?,18-,19+/m0/s1. The van der Waals surface area contributed by atoms with Crippen molar-refractivity contribution >= 4 is 0 Å². The summed E-state index contributed by atoms with van der Waals surface area (Å²) < 4.78 is 2.05. The van der Waals surface area contributed by atoms with Gasteiger partial charge in [-0.1, -0.05) is 23.8 Å². The number of hydrogen-bond donors (Lipinski definition) is 2. The number of nitrogens with zero attached hydrogens (tertiary/aromatic N) is 1. The van der Waals surface area contributed by atoms with E-state index in [1.165, 1.54) is 5.57 Å². The van der Waals surface area contributed by atoms with E-state index in [4.69, 9.17) is 0 Å². The van der Waals surface area contributed by atoms with Crippen LogP contribution in [0.1, 0.15) is 56.7 Å². The van der Waals surface area contributed by atoms with E-state index in [9.17, 15) is 10.2 Å². The van der Waals surface area contributed by atoms with Crippen LogP contribution in [0, 0.1) is 5.92 Å². The second-order valence-corrected chi connectivity index (χ2v) is 7.31. The number of phenolic OH excluding ortho intramolecular Hbond substituents is 2. The Morgan fingerprint density at radius 3 is 2.36 bits per heavy atom. The first kappa shape index (κ1) is 17.4. The average Bonchev–Trinajstić information content (AvgIpc) is 3.07. The number of benzene rings is 1. The van der Waals surface area contributed by atoms with Crippen LogP contribution >= 0.6 is 0 Å². The molecule has 3 rings (SSSR count). The van der Waals surface area contributed by atoms with Crippen LogP contribution in [-0.4, -0.2) is 14.8 Å². The molecule has 1 heterocycles. The van der Waals surface area contributed by atoms with Gasteiger partial charge in [0.25, 0.3) is 0 Å². The number of allylic oxidation sites excluding steroid dienone is 3. The predicted molar refractivity (Wildman–Crippen MR) is 102 cm³/mol. The van der Waals surface area contributed by atoms with Crippen LogP contribution < -0.4 is 0 Å². The molecule has 1 aromatic carbocycles. The van der Waals surface area contributed by atoms with Gasteiger partial charge in [0, 0.05) is 23.9 Å². The molecule has 0 saturated heterocycles. The van der Waals surface area contributed by atoms with Crippen molar-refractivity contribution < 1.29 is 10.2 Å². The van der Waals surface area contributed by atoms with Crippen molar-refractivity contribution in [2.75, 3.05) is 0 Å². The third-order valence-corrected chi connectivity index (χ3v) is 5.43. The number of phenols is 2. The molecule has 3 atom stereocenters. The lowest BCUT2D eigenvalue weighted by Crippen LogP contribution is -2.17. The van der Waals surface area contributed by atoms with E-state index in [1.807, 2.05) is 31.5 Å². The van der Waals surface area contributed by atoms with Crippen LogP contribution in [-0.2, 0) is 0 Å². The van der Waals surface area contributed by atoms with Gasteiger partial charge in [0.1, 0.15) is 11.5 Å². The predicted octanol–water partition coefficient (Wildman–Crippen LogP) is 5.52. The zero-order valence-corrected chi connectivity index (χ0v) is 15.2. The van der Waals surface area contributed by atoms with Crippen LogP contribution in [0.3, 0.4) is 0 Å². The summed E-state index contributed by atoms with van der Waals surface area (Å²) in [4.78, 5) is 0. The Labute approximate surface area is 149 Å². The van der Waals surface area contributed by atoms with Crippen molar-refractivity contribution in [3.63, 3.8) is 0 Å². The highest BCUT2D eigenvalue weighted by atomic mass is 16.3. The van der Waals surface area contributed by atoms with E-state index in [0.717, 1.165) is 24.0 Å². The lowest BCUT2D eigenvalue weighted by molar-refractivity contribution is 0.405. The molecule has 25 heavy (non-hydrogen) atoms. The molecule has 0 radical (unpaired) electrons. The van der Waals surface area contributed by atoms with Gasteiger partial charge >= 0.3 is 0 Å². The average molecular weight is 337 g/mol. The summed E-state index contributed by atoms with van der Waals surface area (Å²) in [5, 5.41) is 21.5. The van der Waals surface area contributed by atoms with Crippen molar-refractivity contribution in [3.05, 3.63) is 71.6 Å². The third-order valence-electron chi connectivity index (χ3n) is 5.43. The number of aromatic hydroxyl groups is 2. The monoisotopic (exact) mass is 337 g/mol. The topological polar surface area (TPSA) is 45.4 Å². The number of rotatable bonds is 4. The Morgan fingerprint density at radius 2 is 1.80 bits per heavy atom. The van der Waals surface area contributed by atoms with E-state index < -0.39 is 0 Å². The summed E-state index contributed by atoms with van der Waals surface area (Å²) in [6, 6.07) is 7.55. The Balaban J connectivity index is 2.03. The SMILES string of the molecule is C=C(C)[C@@H]1CCC(C)=C[C@H]1c1c(O)cc(C(C)n2cccc2)cc1O. The molecule has 1 aliphatic carbocycles. The van der Waals surface area contributed by atoms with E-state index in [0.29, 0.717) is 5.56 Å². The molecule has 3 heteroatoms. The zero-order valence-electron chi connectivity index (χ0n) is 15.2. The summed E-state index contributed by atoms with van der Waals surface area (Å²) in [5.41, 5.74) is 3.90. The smallest absolute Gasteiger partial charge is 0.123 e. The lowest BCUT2D eigenvalue weighted by Gasteiger charge is -2.31. The van der Waals surface area contributed by atoms with Crippen molar-refractivity contribution in [3.8, 4) is 11.5 Å². The van der Waals surface area contributed by atoms with Gasteiger partial charge in [0.15, 0.2) is 0 Å². The van der Waals surface area contributed by atoms with Crippen LogP contribution in [0.5, 0.6) is 11.5 Å². The highest BCUT2D eigenvalue weighted by molar-refractivity contribution is 5.52. The maximum Gasteiger partial charge on any atom is 0.123 e. The highest BCUT2D eigenvalue weighted by Gasteiger charge is 2.30. The second-order valence-electron chi connectivity index (χ2n) is 7.31. The quantitative estimate of drug-likeness (QED) is 0.721. The van der Waals surface area contributed by atoms with Gasteiger partial charge in [-0.3, -0.25) is 0 Å². The molecule has 132 valence electrons. The molecule has 1 aliphatic rings. The van der Waals surface area contributed by atoms with Gasteiger partial charge in [-0.2, -0.15) is 0 Å². The molecule has 3 nitrogen and oxygen atoms in total. The fourth-order valence-corrected chi connectivity index (χ4v) is 3.91. The molecule has 0 fully saturated rings. The minimum atomic E-state index is -0.0258. The molecule has 0 saturated carbocycles. The maximum atomic E-state index is 10.7. The number of aromatic nitrogens is 1. The molecule has 0 bridgehead atoms. The Bertz CT molecular complexity index is 778. The fraction of sp³-hybridized carbons (Fsp3) is 0.364. The van der Waals surface area contributed by atoms with E-state index in [1.54, 1.807) is 12.1 Å². The third kappa shape index (κ3) is 3.37. The molecule has 1 aromatic heterocycles.